The van der Waals surface area contributed by atoms with Crippen LogP contribution < -0.4 is 9.47 Å². The van der Waals surface area contributed by atoms with Crippen molar-refractivity contribution in [3.63, 3.8) is 0 Å². The van der Waals surface area contributed by atoms with Crippen LogP contribution in [0.2, 0.25) is 0 Å². The summed E-state index contributed by atoms with van der Waals surface area (Å²) in [5.74, 6) is 1.33. The van der Waals surface area contributed by atoms with Crippen LogP contribution in [0.5, 0.6) is 11.5 Å². The van der Waals surface area contributed by atoms with E-state index in [0.717, 1.165) is 12.1 Å². The van der Waals surface area contributed by atoms with Crippen LogP contribution in [0.25, 0.3) is 6.08 Å². The average Bonchev–Trinajstić information content (AvgIpc) is 2.66. The predicted octanol–water partition coefficient (Wildman–Crippen LogP) is 4.79. The number of hydrogen-bond acceptors (Lipinski definition) is 4. The SMILES string of the molecule is CC(=O)/C(=C/c1ccccc1)Oc1ccccc1OCCN(C(C)C)C(C)C.Cl.O. The predicted molar refractivity (Wildman–Crippen MR) is 126 cm³/mol. The first-order valence-electron chi connectivity index (χ1n) is 9.81. The summed E-state index contributed by atoms with van der Waals surface area (Å²) in [4.78, 5) is 14.5. The van der Waals surface area contributed by atoms with Crippen molar-refractivity contribution in [2.24, 2.45) is 0 Å². The van der Waals surface area contributed by atoms with Gasteiger partial charge >= 0.3 is 0 Å². The first-order chi connectivity index (χ1) is 13.4. The molecule has 5 nitrogen and oxygen atoms in total. The van der Waals surface area contributed by atoms with Crippen LogP contribution in [0.15, 0.2) is 60.4 Å². The second kappa shape index (κ2) is 13.8. The molecular formula is C24H34ClNO4. The number of nitrogens with zero attached hydrogens (tertiary/aromatic N) is 1. The van der Waals surface area contributed by atoms with E-state index in [-0.39, 0.29) is 29.4 Å². The van der Waals surface area contributed by atoms with Crippen molar-refractivity contribution in [2.75, 3.05) is 13.2 Å². The third kappa shape index (κ3) is 8.57. The van der Waals surface area contributed by atoms with Gasteiger partial charge in [0.25, 0.3) is 0 Å². The van der Waals surface area contributed by atoms with Crippen LogP contribution >= 0.6 is 12.4 Å². The molecule has 2 aromatic rings. The summed E-state index contributed by atoms with van der Waals surface area (Å²) in [7, 11) is 0. The van der Waals surface area contributed by atoms with Gasteiger partial charge in [0.05, 0.1) is 0 Å². The van der Waals surface area contributed by atoms with Crippen LogP contribution in [-0.4, -0.2) is 41.4 Å². The Hall–Kier alpha value is -2.34. The summed E-state index contributed by atoms with van der Waals surface area (Å²) >= 11 is 0. The van der Waals surface area contributed by atoms with Crippen molar-refractivity contribution in [3.05, 3.63) is 65.9 Å². The molecule has 0 spiro atoms. The highest BCUT2D eigenvalue weighted by Crippen LogP contribution is 2.29. The van der Waals surface area contributed by atoms with Gasteiger partial charge in [0.15, 0.2) is 23.0 Å². The van der Waals surface area contributed by atoms with Gasteiger partial charge in [0.1, 0.15) is 6.61 Å². The van der Waals surface area contributed by atoms with Crippen molar-refractivity contribution >= 4 is 24.3 Å². The molecule has 2 aromatic carbocycles. The molecule has 0 radical (unpaired) electrons. The lowest BCUT2D eigenvalue weighted by molar-refractivity contribution is -0.115. The van der Waals surface area contributed by atoms with Crippen molar-refractivity contribution in [3.8, 4) is 11.5 Å². The Morgan fingerprint density at radius 1 is 0.933 bits per heavy atom. The summed E-state index contributed by atoms with van der Waals surface area (Å²) < 4.78 is 11.9. The molecule has 2 N–H and O–H groups in total. The smallest absolute Gasteiger partial charge is 0.194 e. The second-order valence-electron chi connectivity index (χ2n) is 7.30. The van der Waals surface area contributed by atoms with Crippen molar-refractivity contribution in [2.45, 2.75) is 46.7 Å². The average molecular weight is 436 g/mol. The van der Waals surface area contributed by atoms with E-state index in [0.29, 0.717) is 30.2 Å². The number of carbonyl (C=O) groups is 1. The fourth-order valence-electron chi connectivity index (χ4n) is 3.05. The van der Waals surface area contributed by atoms with Crippen LogP contribution in [0.4, 0.5) is 0 Å². The number of para-hydroxylation sites is 2. The number of rotatable bonds is 10. The minimum Gasteiger partial charge on any atom is -0.488 e. The largest absolute Gasteiger partial charge is 0.488 e. The molecule has 0 saturated heterocycles. The van der Waals surface area contributed by atoms with E-state index in [1.54, 1.807) is 6.08 Å². The first-order valence-corrected chi connectivity index (χ1v) is 9.81. The molecule has 166 valence electrons. The van der Waals surface area contributed by atoms with E-state index >= 15 is 0 Å². The molecule has 0 fully saturated rings. The van der Waals surface area contributed by atoms with Gasteiger partial charge in [-0.1, -0.05) is 42.5 Å². The molecule has 30 heavy (non-hydrogen) atoms. The van der Waals surface area contributed by atoms with E-state index in [2.05, 4.69) is 32.6 Å². The molecule has 2 rings (SSSR count). The first kappa shape index (κ1) is 27.7. The number of carbonyl (C=O) groups excluding carboxylic acids is 1. The zero-order valence-electron chi connectivity index (χ0n) is 18.4. The Balaban J connectivity index is 0.00000420. The molecular weight excluding hydrogens is 402 g/mol. The highest BCUT2D eigenvalue weighted by atomic mass is 35.5. The fraction of sp³-hybridized carbons (Fsp3) is 0.375. The van der Waals surface area contributed by atoms with Crippen LogP contribution in [0, 0.1) is 0 Å². The quantitative estimate of drug-likeness (QED) is 0.397. The Bertz CT molecular complexity index is 783. The molecule has 0 aliphatic carbocycles. The Morgan fingerprint density at radius 3 is 2.00 bits per heavy atom. The normalized spacial score (nSPS) is 11.1. The van der Waals surface area contributed by atoms with Crippen LogP contribution in [-0.2, 0) is 4.79 Å². The molecule has 0 aliphatic rings. The van der Waals surface area contributed by atoms with E-state index < -0.39 is 0 Å². The highest BCUT2D eigenvalue weighted by molar-refractivity contribution is 5.96. The number of ketones is 1. The number of hydrogen-bond donors (Lipinski definition) is 0. The fourth-order valence-corrected chi connectivity index (χ4v) is 3.05. The minimum absolute atomic E-state index is 0. The van der Waals surface area contributed by atoms with Crippen molar-refractivity contribution in [1.29, 1.82) is 0 Å². The Morgan fingerprint density at radius 2 is 1.47 bits per heavy atom. The van der Waals surface area contributed by atoms with Gasteiger partial charge in [-0.3, -0.25) is 9.69 Å². The lowest BCUT2D eigenvalue weighted by atomic mass is 10.2. The molecule has 0 atom stereocenters. The van der Waals surface area contributed by atoms with Crippen LogP contribution in [0.3, 0.4) is 0 Å². The molecule has 6 heteroatoms. The van der Waals surface area contributed by atoms with Crippen molar-refractivity contribution < 1.29 is 19.7 Å². The van der Waals surface area contributed by atoms with Crippen LogP contribution in [0.1, 0.15) is 40.2 Å². The van der Waals surface area contributed by atoms with Gasteiger partial charge < -0.3 is 14.9 Å². The number of halogens is 1. The molecule has 0 heterocycles. The maximum absolute atomic E-state index is 12.1. The minimum atomic E-state index is -0.135. The summed E-state index contributed by atoms with van der Waals surface area (Å²) in [6, 6.07) is 18.0. The van der Waals surface area contributed by atoms with Gasteiger partial charge in [0.2, 0.25) is 0 Å². The third-order valence-electron chi connectivity index (χ3n) is 4.45. The molecule has 0 saturated carbocycles. The summed E-state index contributed by atoms with van der Waals surface area (Å²) in [5, 5.41) is 0. The molecule has 0 bridgehead atoms. The number of ether oxygens (including phenoxy) is 2. The molecule has 0 aromatic heterocycles. The standard InChI is InChI=1S/C24H31NO3.ClH.H2O/c1-18(2)25(19(3)4)15-16-27-22-13-9-10-14-23(22)28-24(20(5)26)17-21-11-7-6-8-12-21;;/h6-14,17-19H,15-16H2,1-5H3;1H;1H2/b24-17-;;. The van der Waals surface area contributed by atoms with E-state index in [4.69, 9.17) is 9.47 Å². The lowest BCUT2D eigenvalue weighted by Crippen LogP contribution is -2.39. The lowest BCUT2D eigenvalue weighted by Gasteiger charge is -2.30. The summed E-state index contributed by atoms with van der Waals surface area (Å²) in [6.45, 7) is 11.6. The third-order valence-corrected chi connectivity index (χ3v) is 4.45. The monoisotopic (exact) mass is 435 g/mol. The summed E-state index contributed by atoms with van der Waals surface area (Å²) in [6.07, 6.45) is 1.75. The summed E-state index contributed by atoms with van der Waals surface area (Å²) in [5.41, 5.74) is 0.913. The number of allylic oxidation sites excluding steroid dienone is 1. The maximum atomic E-state index is 12.1. The molecule has 0 aliphatic heterocycles. The maximum Gasteiger partial charge on any atom is 0.194 e. The van der Waals surface area contributed by atoms with Gasteiger partial charge in [-0.15, -0.1) is 12.4 Å². The van der Waals surface area contributed by atoms with Gasteiger partial charge in [-0.2, -0.15) is 0 Å². The van der Waals surface area contributed by atoms with E-state index in [1.165, 1.54) is 6.92 Å². The molecule has 0 amide bonds. The zero-order valence-corrected chi connectivity index (χ0v) is 19.2. The number of Topliss-reactive ketones (excluding diaryl/α,β-unsaturated/α-hetero) is 1. The van der Waals surface area contributed by atoms with E-state index in [9.17, 15) is 4.79 Å². The Kier molecular flexibility index (Phi) is 12.7. The topological polar surface area (TPSA) is 70.3 Å². The number of benzene rings is 2. The van der Waals surface area contributed by atoms with Gasteiger partial charge in [-0.25, -0.2) is 0 Å². The van der Waals surface area contributed by atoms with Gasteiger partial charge in [-0.05, 0) is 51.5 Å². The van der Waals surface area contributed by atoms with E-state index in [1.807, 2.05) is 54.6 Å². The second-order valence-corrected chi connectivity index (χ2v) is 7.30. The Labute approximate surface area is 186 Å². The van der Waals surface area contributed by atoms with Crippen molar-refractivity contribution in [1.82, 2.24) is 4.90 Å². The molecule has 0 unspecified atom stereocenters. The zero-order chi connectivity index (χ0) is 20.5. The highest BCUT2D eigenvalue weighted by Gasteiger charge is 2.15. The van der Waals surface area contributed by atoms with Gasteiger partial charge in [0, 0.05) is 25.6 Å².